The van der Waals surface area contributed by atoms with Crippen molar-refractivity contribution in [2.75, 3.05) is 12.4 Å². The van der Waals surface area contributed by atoms with Crippen molar-refractivity contribution in [3.63, 3.8) is 0 Å². The third-order valence-corrected chi connectivity index (χ3v) is 7.36. The van der Waals surface area contributed by atoms with Gasteiger partial charge in [-0.2, -0.15) is 0 Å². The molecule has 3 aromatic rings. The number of allylic oxidation sites excluding steroid dienone is 2. The fourth-order valence-electron chi connectivity index (χ4n) is 4.81. The van der Waals surface area contributed by atoms with E-state index >= 15 is 0 Å². The molecule has 0 amide bonds. The van der Waals surface area contributed by atoms with Gasteiger partial charge in [0.05, 0.1) is 28.3 Å². The molecule has 1 aliphatic heterocycles. The number of anilines is 1. The van der Waals surface area contributed by atoms with E-state index in [1.54, 1.807) is 7.11 Å². The molecule has 2 aliphatic rings. The highest BCUT2D eigenvalue weighted by Crippen LogP contribution is 2.52. The second kappa shape index (κ2) is 8.84. The quantitative estimate of drug-likeness (QED) is 0.355. The van der Waals surface area contributed by atoms with Crippen LogP contribution in [0.15, 0.2) is 71.2 Å². The minimum Gasteiger partial charge on any atom is -0.493 e. The van der Waals surface area contributed by atoms with Crippen molar-refractivity contribution in [1.29, 1.82) is 0 Å². The maximum atomic E-state index is 6.57. The zero-order valence-corrected chi connectivity index (χ0v) is 20.4. The average molecular weight is 511 g/mol. The molecule has 0 aromatic heterocycles. The van der Waals surface area contributed by atoms with Gasteiger partial charge >= 0.3 is 0 Å². The Morgan fingerprint density at radius 2 is 1.94 bits per heavy atom. The van der Waals surface area contributed by atoms with Crippen LogP contribution >= 0.6 is 27.5 Å². The normalized spacial score (nSPS) is 20.9. The minimum atomic E-state index is 0.124. The standard InChI is InChI=1S/C27H25BrClNO2/c1-16-9-11-17(12-10-16)15-32-27-22(28)13-18(14-24(27)31-2)25-20-6-3-5-19(20)21-7-4-8-23(29)26(21)30-25/h3-5,7-14,19-20,25,30H,6,15H2,1-2H3/t19-,20+,25+/m1/s1. The minimum absolute atomic E-state index is 0.124. The molecule has 0 bridgehead atoms. The predicted octanol–water partition coefficient (Wildman–Crippen LogP) is 7.83. The van der Waals surface area contributed by atoms with Gasteiger partial charge in [-0.1, -0.05) is 65.7 Å². The van der Waals surface area contributed by atoms with Crippen molar-refractivity contribution in [3.8, 4) is 11.5 Å². The van der Waals surface area contributed by atoms with Gasteiger partial charge in [-0.25, -0.2) is 0 Å². The van der Waals surface area contributed by atoms with Gasteiger partial charge in [0.1, 0.15) is 6.61 Å². The molecular weight excluding hydrogens is 486 g/mol. The summed E-state index contributed by atoms with van der Waals surface area (Å²) >= 11 is 10.3. The summed E-state index contributed by atoms with van der Waals surface area (Å²) in [4.78, 5) is 0. The van der Waals surface area contributed by atoms with Crippen molar-refractivity contribution < 1.29 is 9.47 Å². The molecule has 32 heavy (non-hydrogen) atoms. The van der Waals surface area contributed by atoms with Gasteiger partial charge in [-0.15, -0.1) is 0 Å². The van der Waals surface area contributed by atoms with Crippen molar-refractivity contribution in [1.82, 2.24) is 0 Å². The summed E-state index contributed by atoms with van der Waals surface area (Å²) < 4.78 is 12.8. The van der Waals surface area contributed by atoms with Gasteiger partial charge in [-0.05, 0) is 70.1 Å². The highest BCUT2D eigenvalue weighted by molar-refractivity contribution is 9.10. The molecule has 3 nitrogen and oxygen atoms in total. The Hall–Kier alpha value is -2.43. The van der Waals surface area contributed by atoms with E-state index in [0.29, 0.717) is 24.2 Å². The molecule has 0 spiro atoms. The maximum Gasteiger partial charge on any atom is 0.175 e. The van der Waals surface area contributed by atoms with Gasteiger partial charge in [0.15, 0.2) is 11.5 Å². The number of methoxy groups -OCH3 is 1. The Balaban J connectivity index is 1.46. The Bertz CT molecular complexity index is 1180. The molecule has 0 saturated carbocycles. The summed E-state index contributed by atoms with van der Waals surface area (Å²) in [6.07, 6.45) is 5.63. The zero-order chi connectivity index (χ0) is 22.2. The van der Waals surface area contributed by atoms with E-state index in [9.17, 15) is 0 Å². The molecule has 0 radical (unpaired) electrons. The fraction of sp³-hybridized carbons (Fsp3) is 0.259. The molecule has 0 unspecified atom stereocenters. The lowest BCUT2D eigenvalue weighted by atomic mass is 9.77. The molecule has 3 aromatic carbocycles. The van der Waals surface area contributed by atoms with Crippen molar-refractivity contribution in [2.45, 2.75) is 31.9 Å². The fourth-order valence-corrected chi connectivity index (χ4v) is 5.62. The maximum absolute atomic E-state index is 6.57. The van der Waals surface area contributed by atoms with E-state index in [-0.39, 0.29) is 6.04 Å². The van der Waals surface area contributed by atoms with E-state index < -0.39 is 0 Å². The first-order valence-electron chi connectivity index (χ1n) is 10.8. The van der Waals surface area contributed by atoms with Crippen LogP contribution in [0.25, 0.3) is 0 Å². The number of ether oxygens (including phenoxy) is 2. The number of hydrogen-bond donors (Lipinski definition) is 1. The van der Waals surface area contributed by atoms with Crippen LogP contribution in [0.2, 0.25) is 5.02 Å². The lowest BCUT2D eigenvalue weighted by molar-refractivity contribution is 0.282. The van der Waals surface area contributed by atoms with Crippen LogP contribution in [0.3, 0.4) is 0 Å². The average Bonchev–Trinajstić information content (AvgIpc) is 3.29. The number of halogens is 2. The highest BCUT2D eigenvalue weighted by atomic mass is 79.9. The van der Waals surface area contributed by atoms with E-state index in [1.165, 1.54) is 11.1 Å². The number of benzene rings is 3. The summed E-state index contributed by atoms with van der Waals surface area (Å²) in [5, 5.41) is 4.48. The van der Waals surface area contributed by atoms with Crippen LogP contribution in [-0.4, -0.2) is 7.11 Å². The van der Waals surface area contributed by atoms with Crippen LogP contribution in [0.5, 0.6) is 11.5 Å². The summed E-state index contributed by atoms with van der Waals surface area (Å²) in [6.45, 7) is 2.56. The van der Waals surface area contributed by atoms with Gasteiger partial charge in [0, 0.05) is 5.92 Å². The first kappa shape index (κ1) is 21.4. The van der Waals surface area contributed by atoms with E-state index in [1.807, 2.05) is 12.1 Å². The summed E-state index contributed by atoms with van der Waals surface area (Å²) in [6, 6.07) is 18.9. The molecule has 164 valence electrons. The van der Waals surface area contributed by atoms with Crippen LogP contribution in [-0.2, 0) is 6.61 Å². The number of hydrogen-bond acceptors (Lipinski definition) is 3. The van der Waals surface area contributed by atoms with E-state index in [4.69, 9.17) is 21.1 Å². The Kier molecular flexibility index (Phi) is 5.92. The van der Waals surface area contributed by atoms with Gasteiger partial charge in [0.25, 0.3) is 0 Å². The molecule has 1 N–H and O–H groups in total. The summed E-state index contributed by atoms with van der Waals surface area (Å²) in [5.74, 6) is 2.22. The SMILES string of the molecule is COc1cc([C@@H]2Nc3c(Cl)cccc3[C@@H]3C=CC[C@@H]32)cc(Br)c1OCc1ccc(C)cc1. The van der Waals surface area contributed by atoms with Crippen molar-refractivity contribution in [2.24, 2.45) is 5.92 Å². The van der Waals surface area contributed by atoms with Gasteiger partial charge in [-0.3, -0.25) is 0 Å². The third-order valence-electron chi connectivity index (χ3n) is 6.46. The van der Waals surface area contributed by atoms with Gasteiger partial charge < -0.3 is 14.8 Å². The van der Waals surface area contributed by atoms with Crippen LogP contribution < -0.4 is 14.8 Å². The lowest BCUT2D eigenvalue weighted by Crippen LogP contribution is -2.29. The monoisotopic (exact) mass is 509 g/mol. The molecule has 3 atom stereocenters. The predicted molar refractivity (Wildman–Crippen MR) is 134 cm³/mol. The number of para-hydroxylation sites is 1. The molecule has 5 rings (SSSR count). The number of fused-ring (bicyclic) bond motifs is 3. The number of aryl methyl sites for hydroxylation is 1. The lowest BCUT2D eigenvalue weighted by Gasteiger charge is -2.38. The van der Waals surface area contributed by atoms with E-state index in [2.05, 4.69) is 82.8 Å². The first-order valence-corrected chi connectivity index (χ1v) is 12.0. The van der Waals surface area contributed by atoms with Crippen LogP contribution in [0, 0.1) is 12.8 Å². The molecule has 0 saturated heterocycles. The zero-order valence-electron chi connectivity index (χ0n) is 18.1. The third kappa shape index (κ3) is 3.91. The highest BCUT2D eigenvalue weighted by Gasteiger charge is 2.39. The number of nitrogens with one attached hydrogen (secondary N) is 1. The second-order valence-corrected chi connectivity index (χ2v) is 9.75. The van der Waals surface area contributed by atoms with Crippen LogP contribution in [0.1, 0.15) is 40.6 Å². The largest absolute Gasteiger partial charge is 0.493 e. The molecule has 0 fully saturated rings. The second-order valence-electron chi connectivity index (χ2n) is 8.49. The molecule has 1 heterocycles. The summed E-state index contributed by atoms with van der Waals surface area (Å²) in [7, 11) is 1.69. The van der Waals surface area contributed by atoms with E-state index in [0.717, 1.165) is 38.5 Å². The van der Waals surface area contributed by atoms with Gasteiger partial charge in [0.2, 0.25) is 0 Å². The Morgan fingerprint density at radius 1 is 1.12 bits per heavy atom. The van der Waals surface area contributed by atoms with Crippen molar-refractivity contribution in [3.05, 3.63) is 98.5 Å². The van der Waals surface area contributed by atoms with Crippen LogP contribution in [0.4, 0.5) is 5.69 Å². The Morgan fingerprint density at radius 3 is 2.72 bits per heavy atom. The molecule has 5 heteroatoms. The first-order chi connectivity index (χ1) is 15.5. The smallest absolute Gasteiger partial charge is 0.175 e. The topological polar surface area (TPSA) is 30.5 Å². The Labute approximate surface area is 202 Å². The van der Waals surface area contributed by atoms with Crippen molar-refractivity contribution >= 4 is 33.2 Å². The molecular formula is C27H25BrClNO2. The molecule has 1 aliphatic carbocycles. The number of rotatable bonds is 5. The summed E-state index contributed by atoms with van der Waals surface area (Å²) in [5.41, 5.74) is 5.81.